The minimum atomic E-state index is 0.276. The van der Waals surface area contributed by atoms with Crippen molar-refractivity contribution in [2.45, 2.75) is 44.2 Å². The Morgan fingerprint density at radius 1 is 1.32 bits per heavy atom. The number of hydrogen-bond acceptors (Lipinski definition) is 3. The van der Waals surface area contributed by atoms with E-state index in [1.807, 2.05) is 0 Å². The summed E-state index contributed by atoms with van der Waals surface area (Å²) in [7, 11) is 0. The molecule has 0 saturated carbocycles. The van der Waals surface area contributed by atoms with Crippen LogP contribution < -0.4 is 10.6 Å². The SMILES string of the molecule is NC1Cc2ccccc2N(CCCC2CCCO2)C1. The molecule has 104 valence electrons. The first kappa shape index (κ1) is 12.9. The van der Waals surface area contributed by atoms with Gasteiger partial charge in [-0.25, -0.2) is 0 Å². The first-order valence-corrected chi connectivity index (χ1v) is 7.53. The standard InChI is InChI=1S/C16H24N2O/c17-14-11-13-5-1-2-8-16(13)18(12-14)9-3-6-15-7-4-10-19-15/h1-2,5,8,14-15H,3-4,6-7,9-12,17H2. The summed E-state index contributed by atoms with van der Waals surface area (Å²) >= 11 is 0. The fraction of sp³-hybridized carbons (Fsp3) is 0.625. The van der Waals surface area contributed by atoms with Gasteiger partial charge in [0.1, 0.15) is 0 Å². The molecule has 2 atom stereocenters. The molecule has 2 unspecified atom stereocenters. The molecule has 0 radical (unpaired) electrons. The van der Waals surface area contributed by atoms with Crippen molar-refractivity contribution in [2.75, 3.05) is 24.6 Å². The van der Waals surface area contributed by atoms with Gasteiger partial charge in [-0.15, -0.1) is 0 Å². The Kier molecular flexibility index (Phi) is 4.04. The molecule has 1 fully saturated rings. The highest BCUT2D eigenvalue weighted by atomic mass is 16.5. The maximum Gasteiger partial charge on any atom is 0.0576 e. The highest BCUT2D eigenvalue weighted by molar-refractivity contribution is 5.56. The van der Waals surface area contributed by atoms with E-state index in [2.05, 4.69) is 29.2 Å². The second-order valence-electron chi connectivity index (χ2n) is 5.82. The fourth-order valence-corrected chi connectivity index (χ4v) is 3.31. The normalized spacial score (nSPS) is 26.5. The molecule has 0 bridgehead atoms. The average molecular weight is 260 g/mol. The Balaban J connectivity index is 1.58. The molecule has 0 spiro atoms. The van der Waals surface area contributed by atoms with E-state index in [4.69, 9.17) is 10.5 Å². The summed E-state index contributed by atoms with van der Waals surface area (Å²) < 4.78 is 5.69. The lowest BCUT2D eigenvalue weighted by Crippen LogP contribution is -2.43. The van der Waals surface area contributed by atoms with Crippen molar-refractivity contribution < 1.29 is 4.74 Å². The van der Waals surface area contributed by atoms with Gasteiger partial charge in [0.2, 0.25) is 0 Å². The quantitative estimate of drug-likeness (QED) is 0.903. The van der Waals surface area contributed by atoms with E-state index in [1.165, 1.54) is 36.9 Å². The van der Waals surface area contributed by atoms with Crippen LogP contribution in [0.4, 0.5) is 5.69 Å². The van der Waals surface area contributed by atoms with Gasteiger partial charge in [0, 0.05) is 31.4 Å². The van der Waals surface area contributed by atoms with Gasteiger partial charge in [0.25, 0.3) is 0 Å². The number of nitrogens with two attached hydrogens (primary N) is 1. The van der Waals surface area contributed by atoms with Crippen LogP contribution in [0.5, 0.6) is 0 Å². The molecular weight excluding hydrogens is 236 g/mol. The summed E-state index contributed by atoms with van der Waals surface area (Å²) in [6.45, 7) is 3.05. The van der Waals surface area contributed by atoms with E-state index >= 15 is 0 Å². The second-order valence-corrected chi connectivity index (χ2v) is 5.82. The monoisotopic (exact) mass is 260 g/mol. The van der Waals surface area contributed by atoms with Crippen molar-refractivity contribution in [3.63, 3.8) is 0 Å². The molecule has 1 aromatic carbocycles. The van der Waals surface area contributed by atoms with Gasteiger partial charge in [-0.1, -0.05) is 18.2 Å². The molecule has 3 rings (SSSR count). The van der Waals surface area contributed by atoms with Crippen molar-refractivity contribution >= 4 is 5.69 Å². The van der Waals surface area contributed by atoms with Crippen LogP contribution in [0.25, 0.3) is 0 Å². The maximum absolute atomic E-state index is 6.17. The number of hydrogen-bond donors (Lipinski definition) is 1. The lowest BCUT2D eigenvalue weighted by Gasteiger charge is -2.34. The zero-order valence-electron chi connectivity index (χ0n) is 11.6. The lowest BCUT2D eigenvalue weighted by atomic mass is 9.98. The van der Waals surface area contributed by atoms with Crippen LogP contribution >= 0.6 is 0 Å². The van der Waals surface area contributed by atoms with Crippen LogP contribution in [-0.2, 0) is 11.2 Å². The highest BCUT2D eigenvalue weighted by Crippen LogP contribution is 2.27. The van der Waals surface area contributed by atoms with E-state index in [-0.39, 0.29) is 6.04 Å². The van der Waals surface area contributed by atoms with Gasteiger partial charge in [0.05, 0.1) is 6.10 Å². The number of fused-ring (bicyclic) bond motifs is 1. The first-order valence-electron chi connectivity index (χ1n) is 7.53. The van der Waals surface area contributed by atoms with Gasteiger partial charge in [0.15, 0.2) is 0 Å². The number of rotatable bonds is 4. The van der Waals surface area contributed by atoms with Gasteiger partial charge in [-0.3, -0.25) is 0 Å². The molecule has 3 heteroatoms. The summed E-state index contributed by atoms with van der Waals surface area (Å²) in [6, 6.07) is 8.96. The molecule has 2 N–H and O–H groups in total. The van der Waals surface area contributed by atoms with E-state index in [0.717, 1.165) is 26.1 Å². The topological polar surface area (TPSA) is 38.5 Å². The summed E-state index contributed by atoms with van der Waals surface area (Å²) in [4.78, 5) is 2.46. The Morgan fingerprint density at radius 2 is 2.21 bits per heavy atom. The van der Waals surface area contributed by atoms with Crippen molar-refractivity contribution in [1.82, 2.24) is 0 Å². The van der Waals surface area contributed by atoms with Crippen molar-refractivity contribution in [3.05, 3.63) is 29.8 Å². The molecule has 1 saturated heterocycles. The summed E-state index contributed by atoms with van der Waals surface area (Å²) in [6.07, 6.45) is 6.39. The minimum Gasteiger partial charge on any atom is -0.378 e. The summed E-state index contributed by atoms with van der Waals surface area (Å²) in [5.41, 5.74) is 8.95. The number of benzene rings is 1. The maximum atomic E-state index is 6.17. The van der Waals surface area contributed by atoms with E-state index in [9.17, 15) is 0 Å². The third-order valence-electron chi connectivity index (χ3n) is 4.25. The van der Waals surface area contributed by atoms with Crippen LogP contribution in [0.15, 0.2) is 24.3 Å². The van der Waals surface area contributed by atoms with Gasteiger partial charge in [-0.2, -0.15) is 0 Å². The number of ether oxygens (including phenoxy) is 1. The molecule has 19 heavy (non-hydrogen) atoms. The number of anilines is 1. The molecule has 0 aromatic heterocycles. The smallest absolute Gasteiger partial charge is 0.0576 e. The minimum absolute atomic E-state index is 0.276. The van der Waals surface area contributed by atoms with E-state index in [1.54, 1.807) is 0 Å². The Morgan fingerprint density at radius 3 is 3.05 bits per heavy atom. The zero-order valence-corrected chi connectivity index (χ0v) is 11.6. The predicted octanol–water partition coefficient (Wildman–Crippen LogP) is 2.34. The van der Waals surface area contributed by atoms with E-state index in [0.29, 0.717) is 6.10 Å². The molecule has 3 nitrogen and oxygen atoms in total. The summed E-state index contributed by atoms with van der Waals surface area (Å²) in [5, 5.41) is 0. The molecule has 2 aliphatic rings. The first-order chi connectivity index (χ1) is 9.33. The van der Waals surface area contributed by atoms with Crippen molar-refractivity contribution in [1.29, 1.82) is 0 Å². The van der Waals surface area contributed by atoms with Gasteiger partial charge < -0.3 is 15.4 Å². The van der Waals surface area contributed by atoms with Crippen LogP contribution in [0.1, 0.15) is 31.2 Å². The average Bonchev–Trinajstić information content (AvgIpc) is 2.91. The van der Waals surface area contributed by atoms with Crippen LogP contribution in [0.2, 0.25) is 0 Å². The van der Waals surface area contributed by atoms with Crippen LogP contribution in [0, 0.1) is 0 Å². The summed E-state index contributed by atoms with van der Waals surface area (Å²) in [5.74, 6) is 0. The predicted molar refractivity (Wildman–Crippen MR) is 78.5 cm³/mol. The van der Waals surface area contributed by atoms with Crippen LogP contribution in [0.3, 0.4) is 0 Å². The highest BCUT2D eigenvalue weighted by Gasteiger charge is 2.22. The molecule has 2 aliphatic heterocycles. The molecular formula is C16H24N2O. The van der Waals surface area contributed by atoms with Crippen molar-refractivity contribution in [2.24, 2.45) is 5.73 Å². The van der Waals surface area contributed by atoms with Gasteiger partial charge >= 0.3 is 0 Å². The van der Waals surface area contributed by atoms with E-state index < -0.39 is 0 Å². The van der Waals surface area contributed by atoms with Crippen LogP contribution in [-0.4, -0.2) is 31.8 Å². The molecule has 2 heterocycles. The largest absolute Gasteiger partial charge is 0.378 e. The fourth-order valence-electron chi connectivity index (χ4n) is 3.31. The third kappa shape index (κ3) is 3.10. The third-order valence-corrected chi connectivity index (χ3v) is 4.25. The molecule has 1 aromatic rings. The number of para-hydroxylation sites is 1. The Labute approximate surface area is 115 Å². The second kappa shape index (κ2) is 5.93. The van der Waals surface area contributed by atoms with Gasteiger partial charge in [-0.05, 0) is 43.7 Å². The molecule has 0 amide bonds. The Bertz CT molecular complexity index is 415. The lowest BCUT2D eigenvalue weighted by molar-refractivity contribution is 0.103. The zero-order chi connectivity index (χ0) is 13.1. The number of nitrogens with zero attached hydrogens (tertiary/aromatic N) is 1. The molecule has 0 aliphatic carbocycles. The van der Waals surface area contributed by atoms with Crippen molar-refractivity contribution in [3.8, 4) is 0 Å². The Hall–Kier alpha value is -1.06.